The standard InChI is InChI=1S/C10H15NOS/c12-9-5-3-1-2-4-8(9)10-6-11-7-13-10/h6-9,12H,1-5H2/t8-,9-/m1/s1. The van der Waals surface area contributed by atoms with Crippen LogP contribution in [-0.2, 0) is 0 Å². The first-order chi connectivity index (χ1) is 6.38. The molecule has 2 atom stereocenters. The molecule has 1 saturated carbocycles. The van der Waals surface area contributed by atoms with Crippen molar-refractivity contribution in [1.82, 2.24) is 4.98 Å². The van der Waals surface area contributed by atoms with Crippen molar-refractivity contribution in [2.24, 2.45) is 0 Å². The van der Waals surface area contributed by atoms with E-state index in [1.165, 1.54) is 24.1 Å². The Kier molecular flexibility index (Phi) is 2.96. The van der Waals surface area contributed by atoms with Crippen molar-refractivity contribution >= 4 is 11.3 Å². The summed E-state index contributed by atoms with van der Waals surface area (Å²) in [7, 11) is 0. The first kappa shape index (κ1) is 9.16. The molecule has 2 nitrogen and oxygen atoms in total. The van der Waals surface area contributed by atoms with Gasteiger partial charge < -0.3 is 5.11 Å². The Hall–Kier alpha value is -0.410. The molecule has 72 valence electrons. The maximum atomic E-state index is 9.90. The molecule has 1 aliphatic carbocycles. The van der Waals surface area contributed by atoms with Crippen molar-refractivity contribution in [1.29, 1.82) is 0 Å². The van der Waals surface area contributed by atoms with Gasteiger partial charge in [-0.05, 0) is 12.8 Å². The maximum absolute atomic E-state index is 9.90. The van der Waals surface area contributed by atoms with Gasteiger partial charge in [0.25, 0.3) is 0 Å². The fourth-order valence-corrected chi connectivity index (χ4v) is 2.84. The number of hydrogen-bond donors (Lipinski definition) is 1. The van der Waals surface area contributed by atoms with Crippen molar-refractivity contribution in [3.63, 3.8) is 0 Å². The lowest BCUT2D eigenvalue weighted by Gasteiger charge is -2.17. The van der Waals surface area contributed by atoms with Gasteiger partial charge in [-0.25, -0.2) is 0 Å². The number of aliphatic hydroxyl groups is 1. The minimum absolute atomic E-state index is 0.136. The summed E-state index contributed by atoms with van der Waals surface area (Å²) in [6, 6.07) is 0. The van der Waals surface area contributed by atoms with Crippen LogP contribution in [0.4, 0.5) is 0 Å². The molecule has 1 aromatic rings. The van der Waals surface area contributed by atoms with Crippen LogP contribution in [0.3, 0.4) is 0 Å². The first-order valence-electron chi connectivity index (χ1n) is 4.94. The molecule has 2 rings (SSSR count). The summed E-state index contributed by atoms with van der Waals surface area (Å²) in [5.74, 6) is 0.356. The number of aliphatic hydroxyl groups excluding tert-OH is 1. The summed E-state index contributed by atoms with van der Waals surface area (Å²) in [5.41, 5.74) is 1.85. The van der Waals surface area contributed by atoms with Crippen molar-refractivity contribution < 1.29 is 5.11 Å². The largest absolute Gasteiger partial charge is 0.392 e. The lowest BCUT2D eigenvalue weighted by atomic mass is 9.96. The van der Waals surface area contributed by atoms with Gasteiger partial charge in [0.1, 0.15) is 0 Å². The Bertz CT molecular complexity index is 247. The Morgan fingerprint density at radius 2 is 2.15 bits per heavy atom. The normalized spacial score (nSPS) is 29.9. The molecule has 1 fully saturated rings. The number of hydrogen-bond acceptors (Lipinski definition) is 3. The Morgan fingerprint density at radius 1 is 1.31 bits per heavy atom. The lowest BCUT2D eigenvalue weighted by Crippen LogP contribution is -2.15. The van der Waals surface area contributed by atoms with Crippen LogP contribution in [0.1, 0.15) is 42.9 Å². The Morgan fingerprint density at radius 3 is 2.92 bits per heavy atom. The molecular weight excluding hydrogens is 182 g/mol. The molecule has 1 heterocycles. The topological polar surface area (TPSA) is 33.1 Å². The second kappa shape index (κ2) is 4.20. The summed E-state index contributed by atoms with van der Waals surface area (Å²) >= 11 is 1.67. The summed E-state index contributed by atoms with van der Waals surface area (Å²) < 4.78 is 0. The highest BCUT2D eigenvalue weighted by Crippen LogP contribution is 2.33. The molecule has 0 bridgehead atoms. The van der Waals surface area contributed by atoms with E-state index in [-0.39, 0.29) is 6.10 Å². The van der Waals surface area contributed by atoms with Gasteiger partial charge in [0.15, 0.2) is 0 Å². The molecule has 13 heavy (non-hydrogen) atoms. The molecular formula is C10H15NOS. The van der Waals surface area contributed by atoms with E-state index in [1.54, 1.807) is 11.3 Å². The number of nitrogens with zero attached hydrogens (tertiary/aromatic N) is 1. The molecule has 1 aromatic heterocycles. The van der Waals surface area contributed by atoms with Crippen molar-refractivity contribution in [3.05, 3.63) is 16.6 Å². The zero-order valence-electron chi connectivity index (χ0n) is 7.65. The second-order valence-corrected chi connectivity index (χ2v) is 4.63. The molecule has 0 saturated heterocycles. The highest BCUT2D eigenvalue weighted by Gasteiger charge is 2.23. The van der Waals surface area contributed by atoms with Gasteiger partial charge in [-0.2, -0.15) is 0 Å². The van der Waals surface area contributed by atoms with Crippen LogP contribution in [0.25, 0.3) is 0 Å². The summed E-state index contributed by atoms with van der Waals surface area (Å²) in [5, 5.41) is 9.90. The van der Waals surface area contributed by atoms with Gasteiger partial charge >= 0.3 is 0 Å². The van der Waals surface area contributed by atoms with E-state index in [2.05, 4.69) is 4.98 Å². The first-order valence-corrected chi connectivity index (χ1v) is 5.82. The van der Waals surface area contributed by atoms with Crippen LogP contribution in [0.2, 0.25) is 0 Å². The van der Waals surface area contributed by atoms with E-state index >= 15 is 0 Å². The smallest absolute Gasteiger partial charge is 0.0794 e. The SMILES string of the molecule is O[C@@H]1CCCCC[C@H]1c1cncs1. The zero-order chi connectivity index (χ0) is 9.10. The quantitative estimate of drug-likeness (QED) is 0.702. The van der Waals surface area contributed by atoms with Crippen LogP contribution in [-0.4, -0.2) is 16.2 Å². The molecule has 1 N–H and O–H groups in total. The van der Waals surface area contributed by atoms with Crippen LogP contribution in [0.5, 0.6) is 0 Å². The number of aromatic nitrogens is 1. The van der Waals surface area contributed by atoms with E-state index in [9.17, 15) is 5.11 Å². The third-order valence-corrected chi connectivity index (χ3v) is 3.70. The van der Waals surface area contributed by atoms with E-state index in [4.69, 9.17) is 0 Å². The van der Waals surface area contributed by atoms with Crippen molar-refractivity contribution in [3.8, 4) is 0 Å². The lowest BCUT2D eigenvalue weighted by molar-refractivity contribution is 0.136. The van der Waals surface area contributed by atoms with Crippen molar-refractivity contribution in [2.45, 2.75) is 44.1 Å². The molecule has 0 radical (unpaired) electrons. The predicted octanol–water partition coefficient (Wildman–Crippen LogP) is 2.55. The van der Waals surface area contributed by atoms with Crippen LogP contribution < -0.4 is 0 Å². The summed E-state index contributed by atoms with van der Waals surface area (Å²) in [4.78, 5) is 5.33. The fourth-order valence-electron chi connectivity index (χ4n) is 2.03. The highest BCUT2D eigenvalue weighted by molar-refractivity contribution is 7.09. The molecule has 3 heteroatoms. The molecule has 0 spiro atoms. The van der Waals surface area contributed by atoms with Gasteiger partial charge in [0, 0.05) is 17.0 Å². The second-order valence-electron chi connectivity index (χ2n) is 3.72. The average Bonchev–Trinajstić information content (AvgIpc) is 2.56. The third kappa shape index (κ3) is 2.09. The molecule has 0 amide bonds. The van der Waals surface area contributed by atoms with Crippen LogP contribution in [0, 0.1) is 0 Å². The van der Waals surface area contributed by atoms with E-state index in [1.807, 2.05) is 11.7 Å². The summed E-state index contributed by atoms with van der Waals surface area (Å²) in [6.45, 7) is 0. The molecule has 0 aliphatic heterocycles. The minimum atomic E-state index is -0.136. The van der Waals surface area contributed by atoms with Gasteiger partial charge in [0.2, 0.25) is 0 Å². The predicted molar refractivity (Wildman–Crippen MR) is 53.9 cm³/mol. The van der Waals surface area contributed by atoms with Gasteiger partial charge in [-0.3, -0.25) is 4.98 Å². The van der Waals surface area contributed by atoms with E-state index < -0.39 is 0 Å². The highest BCUT2D eigenvalue weighted by atomic mass is 32.1. The third-order valence-electron chi connectivity index (χ3n) is 2.80. The Balaban J connectivity index is 2.11. The van der Waals surface area contributed by atoms with Crippen LogP contribution >= 0.6 is 11.3 Å². The van der Waals surface area contributed by atoms with Gasteiger partial charge in [-0.15, -0.1) is 11.3 Å². The van der Waals surface area contributed by atoms with E-state index in [0.29, 0.717) is 5.92 Å². The average molecular weight is 197 g/mol. The summed E-state index contributed by atoms with van der Waals surface area (Å²) in [6.07, 6.45) is 7.56. The number of thiazole rings is 1. The number of rotatable bonds is 1. The molecule has 1 aliphatic rings. The van der Waals surface area contributed by atoms with Gasteiger partial charge in [0.05, 0.1) is 11.6 Å². The fraction of sp³-hybridized carbons (Fsp3) is 0.700. The van der Waals surface area contributed by atoms with Crippen molar-refractivity contribution in [2.75, 3.05) is 0 Å². The minimum Gasteiger partial charge on any atom is -0.392 e. The van der Waals surface area contributed by atoms with E-state index in [0.717, 1.165) is 12.8 Å². The molecule has 0 aromatic carbocycles. The molecule has 0 unspecified atom stereocenters. The zero-order valence-corrected chi connectivity index (χ0v) is 8.46. The monoisotopic (exact) mass is 197 g/mol. The maximum Gasteiger partial charge on any atom is 0.0794 e. The van der Waals surface area contributed by atoms with Crippen LogP contribution in [0.15, 0.2) is 11.7 Å². The Labute approximate surface area is 82.6 Å². The van der Waals surface area contributed by atoms with Gasteiger partial charge in [-0.1, -0.05) is 19.3 Å².